The van der Waals surface area contributed by atoms with Crippen LogP contribution in [0.1, 0.15) is 157 Å². The van der Waals surface area contributed by atoms with Gasteiger partial charge in [0.05, 0.1) is 0 Å². The summed E-state index contributed by atoms with van der Waals surface area (Å²) in [6.07, 6.45) is 0. The van der Waals surface area contributed by atoms with E-state index in [0.717, 1.165) is 89.0 Å². The highest BCUT2D eigenvalue weighted by atomic mass is 16.3. The highest BCUT2D eigenvalue weighted by molar-refractivity contribution is 5.69. The van der Waals surface area contributed by atoms with Gasteiger partial charge in [0.2, 0.25) is 0 Å². The molecular weight excluding hydrogens is 897 g/mol. The first-order chi connectivity index (χ1) is 33.9. The molecule has 9 rings (SSSR count). The van der Waals surface area contributed by atoms with Crippen molar-refractivity contribution in [1.82, 2.24) is 0 Å². The third-order valence-corrected chi connectivity index (χ3v) is 16.0. The molecule has 8 heteroatoms. The normalized spacial score (nSPS) is 16.5. The van der Waals surface area contributed by atoms with Gasteiger partial charge in [0.15, 0.2) is 0 Å². The highest BCUT2D eigenvalue weighted by Crippen LogP contribution is 2.55. The van der Waals surface area contributed by atoms with Crippen molar-refractivity contribution in [3.63, 3.8) is 0 Å². The second-order valence-electron chi connectivity index (χ2n) is 20.8. The Kier molecular flexibility index (Phi) is 12.3. The number of hydrogen-bond acceptors (Lipinski definition) is 8. The molecule has 0 saturated carbocycles. The molecule has 0 unspecified atom stereocenters. The van der Waals surface area contributed by atoms with Gasteiger partial charge in [-0.15, -0.1) is 0 Å². The highest BCUT2D eigenvalue weighted by Gasteiger charge is 2.37. The average Bonchev–Trinajstić information content (AvgIpc) is 3.29. The number of rotatable bonds is 4. The summed E-state index contributed by atoms with van der Waals surface area (Å²) < 4.78 is 0. The predicted octanol–water partition coefficient (Wildman–Crippen LogP) is 14.1. The van der Waals surface area contributed by atoms with Crippen molar-refractivity contribution in [3.05, 3.63) is 231 Å². The van der Waals surface area contributed by atoms with Crippen LogP contribution in [0.15, 0.2) is 97.1 Å². The minimum atomic E-state index is -0.927. The molecule has 72 heavy (non-hydrogen) atoms. The van der Waals surface area contributed by atoms with Gasteiger partial charge in [0.25, 0.3) is 0 Å². The smallest absolute Gasteiger partial charge is 0.123 e. The topological polar surface area (TPSA) is 162 Å². The monoisotopic (exact) mass is 960 g/mol. The first-order valence-electron chi connectivity index (χ1n) is 24.5. The fourth-order valence-electron chi connectivity index (χ4n) is 11.5. The van der Waals surface area contributed by atoms with Crippen LogP contribution >= 0.6 is 0 Å². The Morgan fingerprint density at radius 3 is 0.458 bits per heavy atom. The van der Waals surface area contributed by atoms with Gasteiger partial charge in [-0.05, 0) is 196 Å². The van der Waals surface area contributed by atoms with Gasteiger partial charge in [0, 0.05) is 92.4 Å². The minimum Gasteiger partial charge on any atom is -0.507 e. The van der Waals surface area contributed by atoms with E-state index in [1.807, 2.05) is 107 Å². The molecular formula is C64H64O8. The molecule has 8 aromatic rings. The van der Waals surface area contributed by atoms with Crippen LogP contribution in [-0.4, -0.2) is 40.9 Å². The van der Waals surface area contributed by atoms with Crippen molar-refractivity contribution in [1.29, 1.82) is 0 Å². The van der Waals surface area contributed by atoms with Crippen LogP contribution in [-0.2, 0) is 0 Å². The molecule has 0 aromatic heterocycles. The van der Waals surface area contributed by atoms with Crippen molar-refractivity contribution < 1.29 is 40.9 Å². The molecule has 8 N–H and O–H groups in total. The Labute approximate surface area is 422 Å². The summed E-state index contributed by atoms with van der Waals surface area (Å²) >= 11 is 0. The van der Waals surface area contributed by atoms with Gasteiger partial charge >= 0.3 is 0 Å². The molecule has 0 heterocycles. The Bertz CT molecular complexity index is 2990. The third-order valence-electron chi connectivity index (χ3n) is 16.0. The van der Waals surface area contributed by atoms with Crippen LogP contribution in [0, 0.1) is 83.1 Å². The van der Waals surface area contributed by atoms with E-state index in [4.69, 9.17) is 0 Å². The molecule has 0 fully saturated rings. The molecule has 8 nitrogen and oxygen atoms in total. The van der Waals surface area contributed by atoms with Crippen molar-refractivity contribution >= 4 is 0 Å². The summed E-state index contributed by atoms with van der Waals surface area (Å²) in [5.41, 5.74) is 17.0. The Balaban J connectivity index is 1.54. The van der Waals surface area contributed by atoms with Crippen molar-refractivity contribution in [3.8, 4) is 46.0 Å². The van der Waals surface area contributed by atoms with Crippen LogP contribution in [0.25, 0.3) is 0 Å². The molecule has 8 bridgehead atoms. The van der Waals surface area contributed by atoms with Crippen molar-refractivity contribution in [2.24, 2.45) is 0 Å². The molecule has 368 valence electrons. The lowest BCUT2D eigenvalue weighted by atomic mass is 9.73. The molecule has 1 aliphatic carbocycles. The van der Waals surface area contributed by atoms with Gasteiger partial charge in [-0.3, -0.25) is 0 Å². The standard InChI is InChI=1S/C64H64O8/c1-29-13-37(9)41(17-33(29)5)61-45-21-47(55(67)25-53(45)65)62(42-18-34(6)30(2)14-38(42)10)49-23-51(59(71)27-57(49)69)64(44-20-36(8)32(4)16-40(44)12)52-24-50(58(70)28-60(52)72)63(43-19-35(7)31(3)15-39(43)11)48-22-46(61)54(66)26-56(48)68/h13-28,61-72H,1-12H3. The van der Waals surface area contributed by atoms with Gasteiger partial charge in [-0.2, -0.15) is 0 Å². The van der Waals surface area contributed by atoms with Crippen LogP contribution in [0.2, 0.25) is 0 Å². The molecule has 0 spiro atoms. The fourth-order valence-corrected chi connectivity index (χ4v) is 11.5. The zero-order valence-electron chi connectivity index (χ0n) is 43.1. The first-order valence-corrected chi connectivity index (χ1v) is 24.5. The second-order valence-corrected chi connectivity index (χ2v) is 20.8. The largest absolute Gasteiger partial charge is 0.507 e. The Morgan fingerprint density at radius 2 is 0.306 bits per heavy atom. The van der Waals surface area contributed by atoms with Gasteiger partial charge < -0.3 is 40.9 Å². The van der Waals surface area contributed by atoms with E-state index in [2.05, 4.69) is 24.3 Å². The van der Waals surface area contributed by atoms with Crippen molar-refractivity contribution in [2.45, 2.75) is 107 Å². The fraction of sp³-hybridized carbons (Fsp3) is 0.250. The van der Waals surface area contributed by atoms with E-state index in [-0.39, 0.29) is 46.0 Å². The maximum absolute atomic E-state index is 12.4. The molecule has 0 saturated heterocycles. The summed E-state index contributed by atoms with van der Waals surface area (Å²) in [5.74, 6) is -5.76. The summed E-state index contributed by atoms with van der Waals surface area (Å²) in [6, 6.07) is 28.6. The number of aromatic hydroxyl groups is 8. The summed E-state index contributed by atoms with van der Waals surface area (Å²) in [6.45, 7) is 24.0. The van der Waals surface area contributed by atoms with Crippen LogP contribution in [0.5, 0.6) is 46.0 Å². The number of fused-ring (bicyclic) bond motifs is 8. The lowest BCUT2D eigenvalue weighted by molar-refractivity contribution is 0.431. The molecule has 1 aliphatic rings. The zero-order valence-corrected chi connectivity index (χ0v) is 43.1. The molecule has 0 radical (unpaired) electrons. The Morgan fingerprint density at radius 1 is 0.167 bits per heavy atom. The quantitative estimate of drug-likeness (QED) is 0.0865. The summed E-state index contributed by atoms with van der Waals surface area (Å²) in [5, 5.41) is 98.9. The second kappa shape index (κ2) is 18.1. The van der Waals surface area contributed by atoms with Crippen LogP contribution in [0.3, 0.4) is 0 Å². The third kappa shape index (κ3) is 8.22. The number of phenolic OH excluding ortho intramolecular Hbond substituents is 8. The summed E-state index contributed by atoms with van der Waals surface area (Å²) in [7, 11) is 0. The van der Waals surface area contributed by atoms with E-state index in [1.165, 1.54) is 24.3 Å². The number of phenols is 8. The average molecular weight is 961 g/mol. The van der Waals surface area contributed by atoms with Gasteiger partial charge in [-0.25, -0.2) is 0 Å². The Hall–Kier alpha value is -7.84. The number of hydrogen-bond donors (Lipinski definition) is 8. The minimum absolute atomic E-state index is 0.257. The SMILES string of the molecule is Cc1cc(C)c(C2c3cc(c(O)cc3O)C(c3cc(C)c(C)cc3C)c3cc(c(O)cc3O)C(c3cc(C)c(C)cc3C)c3cc(c(O)cc3O)C(c3cc(C)c(C)cc3C)c3cc2c(O)cc3O)cc1C. The first kappa shape index (κ1) is 49.2. The van der Waals surface area contributed by atoms with Crippen LogP contribution in [0.4, 0.5) is 0 Å². The lowest BCUT2D eigenvalue weighted by Crippen LogP contribution is -2.15. The predicted molar refractivity (Wildman–Crippen MR) is 285 cm³/mol. The van der Waals surface area contributed by atoms with Crippen LogP contribution < -0.4 is 0 Å². The van der Waals surface area contributed by atoms with Gasteiger partial charge in [0.1, 0.15) is 46.0 Å². The molecule has 0 amide bonds. The van der Waals surface area contributed by atoms with E-state index >= 15 is 0 Å². The maximum Gasteiger partial charge on any atom is 0.123 e. The summed E-state index contributed by atoms with van der Waals surface area (Å²) in [4.78, 5) is 0. The van der Waals surface area contributed by atoms with E-state index in [1.54, 1.807) is 24.3 Å². The number of aryl methyl sites for hydroxylation is 12. The van der Waals surface area contributed by atoms with Gasteiger partial charge in [-0.1, -0.05) is 48.5 Å². The molecule has 0 aliphatic heterocycles. The maximum atomic E-state index is 12.4. The molecule has 0 atom stereocenters. The zero-order chi connectivity index (χ0) is 52.1. The van der Waals surface area contributed by atoms with E-state index < -0.39 is 23.7 Å². The van der Waals surface area contributed by atoms with E-state index in [0.29, 0.717) is 44.5 Å². The van der Waals surface area contributed by atoms with Crippen molar-refractivity contribution in [2.75, 3.05) is 0 Å². The lowest BCUT2D eigenvalue weighted by Gasteiger charge is -2.31. The number of benzene rings is 8. The van der Waals surface area contributed by atoms with E-state index in [9.17, 15) is 40.9 Å². The molecule has 8 aromatic carbocycles.